The molecule has 3 N–H and O–H groups in total. The molecular formula is C32H36N8O. The smallest absolute Gasteiger partial charge is 0.178 e. The average molecular weight is 549 g/mol. The number of ether oxygens (including phenoxy) is 1. The number of fused-ring (bicyclic) bond motifs is 1. The molecule has 1 saturated heterocycles. The molecule has 0 aromatic carbocycles. The van der Waals surface area contributed by atoms with Crippen LogP contribution >= 0.6 is 0 Å². The molecule has 4 aromatic rings. The predicted octanol–water partition coefficient (Wildman–Crippen LogP) is 6.36. The molecular weight excluding hydrogens is 512 g/mol. The molecule has 9 heteroatoms. The number of rotatable bonds is 8. The van der Waals surface area contributed by atoms with Crippen molar-refractivity contribution in [2.75, 3.05) is 36.9 Å². The highest BCUT2D eigenvalue weighted by Crippen LogP contribution is 2.32. The largest absolute Gasteiger partial charge is 0.378 e. The molecule has 0 amide bonds. The first-order valence-corrected chi connectivity index (χ1v) is 14.3. The van der Waals surface area contributed by atoms with E-state index in [2.05, 4.69) is 73.6 Å². The Morgan fingerprint density at radius 1 is 1.07 bits per heavy atom. The van der Waals surface area contributed by atoms with E-state index in [9.17, 15) is 0 Å². The molecule has 0 bridgehead atoms. The number of pyridine rings is 3. The summed E-state index contributed by atoms with van der Waals surface area (Å²) in [5.74, 6) is 1.12. The van der Waals surface area contributed by atoms with Gasteiger partial charge >= 0.3 is 0 Å². The minimum Gasteiger partial charge on any atom is -0.378 e. The van der Waals surface area contributed by atoms with E-state index in [0.29, 0.717) is 17.4 Å². The molecule has 0 saturated carbocycles. The van der Waals surface area contributed by atoms with E-state index in [1.165, 1.54) is 11.3 Å². The van der Waals surface area contributed by atoms with E-state index in [0.717, 1.165) is 78.8 Å². The maximum atomic E-state index is 5.56. The summed E-state index contributed by atoms with van der Waals surface area (Å²) < 4.78 is 5.56. The molecule has 4 aromatic heterocycles. The Kier molecular flexibility index (Phi) is 7.78. The van der Waals surface area contributed by atoms with Gasteiger partial charge in [-0.15, -0.1) is 0 Å². The van der Waals surface area contributed by atoms with Gasteiger partial charge in [0.1, 0.15) is 5.69 Å². The second-order valence-electron chi connectivity index (χ2n) is 10.5. The molecule has 2 aliphatic rings. The fourth-order valence-corrected chi connectivity index (χ4v) is 5.26. The lowest BCUT2D eigenvalue weighted by atomic mass is 9.88. The summed E-state index contributed by atoms with van der Waals surface area (Å²) in [6, 6.07) is 9.97. The average Bonchev–Trinajstić information content (AvgIpc) is 3.42. The second-order valence-corrected chi connectivity index (χ2v) is 10.5. The Hall–Kier alpha value is -4.50. The molecule has 6 rings (SSSR count). The summed E-state index contributed by atoms with van der Waals surface area (Å²) in [4.78, 5) is 24.0. The maximum Gasteiger partial charge on any atom is 0.178 e. The van der Waals surface area contributed by atoms with Crippen molar-refractivity contribution in [3.63, 3.8) is 0 Å². The maximum absolute atomic E-state index is 5.56. The molecule has 1 aliphatic carbocycles. The standard InChI is InChI=1S/C32H36N8O/c1-4-5-28(27-18-26(8-6-21(27)2)40-12-14-41-15-13-40)37-24-7-9-29(34-19-24)32-38-30-17-25(20-35-31(30)39-32)36-23-10-11-33-22(3)16-23/h5,7-11,16-21,37H,4,6,12-15H2,1-3H3,(H,33,36)(H,35,38,39)/b28-5+. The molecule has 41 heavy (non-hydrogen) atoms. The van der Waals surface area contributed by atoms with Crippen molar-refractivity contribution < 1.29 is 4.74 Å². The highest BCUT2D eigenvalue weighted by molar-refractivity contribution is 5.79. The SMILES string of the molecule is CC/C=C(/Nc1ccc(-c2nc3ncc(Nc4ccnc(C)c4)cc3[nH]2)nc1)C1=CC(N2CCOCC2)=CCC1C. The topological polar surface area (TPSA) is 104 Å². The Morgan fingerprint density at radius 3 is 2.71 bits per heavy atom. The van der Waals surface area contributed by atoms with Gasteiger partial charge in [-0.3, -0.25) is 9.97 Å². The van der Waals surface area contributed by atoms with Crippen LogP contribution in [0.2, 0.25) is 0 Å². The van der Waals surface area contributed by atoms with E-state index in [1.807, 2.05) is 37.4 Å². The summed E-state index contributed by atoms with van der Waals surface area (Å²) in [6.45, 7) is 9.88. The van der Waals surface area contributed by atoms with Crippen molar-refractivity contribution in [3.8, 4) is 11.5 Å². The number of morpholine rings is 1. The van der Waals surface area contributed by atoms with Gasteiger partial charge in [0.2, 0.25) is 0 Å². The fraction of sp³-hybridized carbons (Fsp3) is 0.312. The number of aryl methyl sites for hydroxylation is 1. The van der Waals surface area contributed by atoms with Gasteiger partial charge in [-0.05, 0) is 67.7 Å². The minimum absolute atomic E-state index is 0.433. The van der Waals surface area contributed by atoms with Crippen LogP contribution in [0, 0.1) is 12.8 Å². The molecule has 5 heterocycles. The highest BCUT2D eigenvalue weighted by atomic mass is 16.5. The van der Waals surface area contributed by atoms with Crippen LogP contribution in [0.5, 0.6) is 0 Å². The van der Waals surface area contributed by atoms with E-state index in [-0.39, 0.29) is 0 Å². The van der Waals surface area contributed by atoms with E-state index in [4.69, 9.17) is 9.72 Å². The Labute approximate surface area is 240 Å². The molecule has 1 atom stereocenters. The summed E-state index contributed by atoms with van der Waals surface area (Å²) in [5.41, 5.74) is 9.76. The first-order chi connectivity index (χ1) is 20.1. The third kappa shape index (κ3) is 6.15. The third-order valence-electron chi connectivity index (χ3n) is 7.42. The lowest BCUT2D eigenvalue weighted by molar-refractivity contribution is 0.0550. The number of anilines is 3. The van der Waals surface area contributed by atoms with Crippen molar-refractivity contribution in [2.24, 2.45) is 5.92 Å². The third-order valence-corrected chi connectivity index (χ3v) is 7.42. The predicted molar refractivity (Wildman–Crippen MR) is 164 cm³/mol. The lowest BCUT2D eigenvalue weighted by Crippen LogP contribution is -2.36. The number of nitrogens with one attached hydrogen (secondary N) is 3. The zero-order chi connectivity index (χ0) is 28.2. The van der Waals surface area contributed by atoms with Crippen molar-refractivity contribution in [1.29, 1.82) is 0 Å². The van der Waals surface area contributed by atoms with Crippen molar-refractivity contribution in [1.82, 2.24) is 29.8 Å². The number of aromatic nitrogens is 5. The van der Waals surface area contributed by atoms with Crippen LogP contribution in [0.4, 0.5) is 17.1 Å². The van der Waals surface area contributed by atoms with Gasteiger partial charge in [0.05, 0.1) is 42.5 Å². The van der Waals surface area contributed by atoms with Gasteiger partial charge < -0.3 is 25.3 Å². The zero-order valence-electron chi connectivity index (χ0n) is 23.8. The molecule has 0 radical (unpaired) electrons. The van der Waals surface area contributed by atoms with Gasteiger partial charge in [0, 0.05) is 42.1 Å². The van der Waals surface area contributed by atoms with E-state index < -0.39 is 0 Å². The minimum atomic E-state index is 0.433. The summed E-state index contributed by atoms with van der Waals surface area (Å²) in [5, 5.41) is 7.03. The summed E-state index contributed by atoms with van der Waals surface area (Å²) in [7, 11) is 0. The van der Waals surface area contributed by atoms with Gasteiger partial charge in [0.25, 0.3) is 0 Å². The van der Waals surface area contributed by atoms with Crippen LogP contribution in [0.1, 0.15) is 32.4 Å². The van der Waals surface area contributed by atoms with Crippen LogP contribution in [-0.2, 0) is 4.74 Å². The van der Waals surface area contributed by atoms with Gasteiger partial charge in [0.15, 0.2) is 11.5 Å². The van der Waals surface area contributed by atoms with Crippen molar-refractivity contribution >= 4 is 28.2 Å². The second kappa shape index (κ2) is 11.9. The Bertz CT molecular complexity index is 1610. The lowest BCUT2D eigenvalue weighted by Gasteiger charge is -2.33. The fourth-order valence-electron chi connectivity index (χ4n) is 5.26. The van der Waals surface area contributed by atoms with Gasteiger partial charge in [-0.2, -0.15) is 0 Å². The highest BCUT2D eigenvalue weighted by Gasteiger charge is 2.21. The molecule has 210 valence electrons. The molecule has 9 nitrogen and oxygen atoms in total. The summed E-state index contributed by atoms with van der Waals surface area (Å²) in [6.07, 6.45) is 14.4. The number of allylic oxidation sites excluding steroid dienone is 4. The molecule has 1 unspecified atom stereocenters. The number of hydrogen-bond acceptors (Lipinski definition) is 8. The van der Waals surface area contributed by atoms with Crippen LogP contribution < -0.4 is 10.6 Å². The molecule has 0 spiro atoms. The monoisotopic (exact) mass is 548 g/mol. The van der Waals surface area contributed by atoms with Crippen LogP contribution in [0.3, 0.4) is 0 Å². The summed E-state index contributed by atoms with van der Waals surface area (Å²) >= 11 is 0. The Balaban J connectivity index is 1.18. The number of aromatic amines is 1. The van der Waals surface area contributed by atoms with Gasteiger partial charge in [-0.1, -0.05) is 26.0 Å². The van der Waals surface area contributed by atoms with Crippen molar-refractivity contribution in [3.05, 3.63) is 89.8 Å². The molecule has 1 fully saturated rings. The van der Waals surface area contributed by atoms with E-state index in [1.54, 1.807) is 12.4 Å². The number of H-pyrrole nitrogens is 1. The van der Waals surface area contributed by atoms with Crippen LogP contribution in [0.15, 0.2) is 84.1 Å². The molecule has 1 aliphatic heterocycles. The van der Waals surface area contributed by atoms with Crippen molar-refractivity contribution in [2.45, 2.75) is 33.6 Å². The first kappa shape index (κ1) is 26.7. The number of nitrogens with zero attached hydrogens (tertiary/aromatic N) is 5. The quantitative estimate of drug-likeness (QED) is 0.234. The van der Waals surface area contributed by atoms with Crippen LogP contribution in [0.25, 0.3) is 22.7 Å². The van der Waals surface area contributed by atoms with Crippen LogP contribution in [-0.4, -0.2) is 56.1 Å². The first-order valence-electron chi connectivity index (χ1n) is 14.3. The number of imidazole rings is 1. The Morgan fingerprint density at radius 2 is 1.93 bits per heavy atom. The zero-order valence-corrected chi connectivity index (χ0v) is 23.8. The number of hydrogen-bond donors (Lipinski definition) is 3. The van der Waals surface area contributed by atoms with E-state index >= 15 is 0 Å². The normalized spacial score (nSPS) is 17.8. The van der Waals surface area contributed by atoms with Gasteiger partial charge in [-0.25, -0.2) is 9.97 Å².